The molecule has 1 aromatic rings. The zero-order valence-corrected chi connectivity index (χ0v) is 13.7. The van der Waals surface area contributed by atoms with E-state index in [9.17, 15) is 8.42 Å². The van der Waals surface area contributed by atoms with Gasteiger partial charge in [0.15, 0.2) is 0 Å². The molecule has 112 valence electrons. The molecule has 5 heteroatoms. The van der Waals surface area contributed by atoms with E-state index in [0.717, 1.165) is 24.0 Å². The van der Waals surface area contributed by atoms with E-state index in [4.69, 9.17) is 15.4 Å². The van der Waals surface area contributed by atoms with Crippen molar-refractivity contribution >= 4 is 19.7 Å². The van der Waals surface area contributed by atoms with Crippen LogP contribution in [0.5, 0.6) is 5.75 Å². The molecule has 20 heavy (non-hydrogen) atoms. The lowest BCUT2D eigenvalue weighted by atomic mass is 9.98. The van der Waals surface area contributed by atoms with Gasteiger partial charge in [0.05, 0.1) is 4.90 Å². The van der Waals surface area contributed by atoms with Gasteiger partial charge in [-0.2, -0.15) is 0 Å². The zero-order valence-electron chi connectivity index (χ0n) is 12.1. The summed E-state index contributed by atoms with van der Waals surface area (Å²) in [6, 6.07) is 4.73. The predicted octanol–water partition coefficient (Wildman–Crippen LogP) is 4.47. The Balaban J connectivity index is 3.14. The van der Waals surface area contributed by atoms with Crippen LogP contribution in [-0.4, -0.2) is 15.0 Å². The van der Waals surface area contributed by atoms with Crippen LogP contribution in [0.3, 0.4) is 0 Å². The molecule has 1 rings (SSSR count). The fraction of sp³-hybridized carbons (Fsp3) is 0.467. The van der Waals surface area contributed by atoms with Gasteiger partial charge in [-0.1, -0.05) is 27.4 Å². The summed E-state index contributed by atoms with van der Waals surface area (Å²) in [6.45, 7) is 10.4. The van der Waals surface area contributed by atoms with Crippen LogP contribution in [0.4, 0.5) is 0 Å². The van der Waals surface area contributed by atoms with Crippen molar-refractivity contribution in [2.75, 3.05) is 6.61 Å². The van der Waals surface area contributed by atoms with Crippen LogP contribution in [0.15, 0.2) is 35.2 Å². The first kappa shape index (κ1) is 17.1. The quantitative estimate of drug-likeness (QED) is 0.550. The fourth-order valence-corrected chi connectivity index (χ4v) is 2.48. The lowest BCUT2D eigenvalue weighted by Gasteiger charge is -2.17. The first-order chi connectivity index (χ1) is 9.29. The van der Waals surface area contributed by atoms with Gasteiger partial charge in [0.25, 0.3) is 9.05 Å². The average Bonchev–Trinajstić information content (AvgIpc) is 2.42. The van der Waals surface area contributed by atoms with E-state index in [-0.39, 0.29) is 10.8 Å². The number of ether oxygens (including phenoxy) is 1. The van der Waals surface area contributed by atoms with Crippen LogP contribution in [0.25, 0.3) is 0 Å². The molecule has 0 amide bonds. The fourth-order valence-electron chi connectivity index (χ4n) is 1.70. The van der Waals surface area contributed by atoms with Crippen LogP contribution in [0, 0.1) is 0 Å². The van der Waals surface area contributed by atoms with E-state index in [1.165, 1.54) is 6.07 Å². The van der Waals surface area contributed by atoms with E-state index in [2.05, 4.69) is 6.58 Å². The Morgan fingerprint density at radius 2 is 2.05 bits per heavy atom. The van der Waals surface area contributed by atoms with Gasteiger partial charge < -0.3 is 4.74 Å². The second-order valence-electron chi connectivity index (χ2n) is 4.84. The van der Waals surface area contributed by atoms with Crippen molar-refractivity contribution in [2.24, 2.45) is 0 Å². The summed E-state index contributed by atoms with van der Waals surface area (Å²) in [7, 11) is 1.68. The van der Waals surface area contributed by atoms with E-state index < -0.39 is 9.05 Å². The highest BCUT2D eigenvalue weighted by atomic mass is 35.7. The molecule has 0 radical (unpaired) electrons. The molecule has 0 saturated heterocycles. The molecule has 0 spiro atoms. The highest BCUT2D eigenvalue weighted by molar-refractivity contribution is 8.13. The Kier molecular flexibility index (Phi) is 6.08. The highest BCUT2D eigenvalue weighted by Crippen LogP contribution is 2.32. The highest BCUT2D eigenvalue weighted by Gasteiger charge is 2.17. The molecular formula is C15H21ClO3S. The van der Waals surface area contributed by atoms with Gasteiger partial charge in [-0.15, -0.1) is 0 Å². The van der Waals surface area contributed by atoms with Gasteiger partial charge in [0, 0.05) is 10.7 Å². The Hall–Kier alpha value is -1.00. The summed E-state index contributed by atoms with van der Waals surface area (Å²) in [4.78, 5) is 0.108. The Labute approximate surface area is 126 Å². The third kappa shape index (κ3) is 4.53. The van der Waals surface area contributed by atoms with Crippen LogP contribution < -0.4 is 4.74 Å². The van der Waals surface area contributed by atoms with Crippen molar-refractivity contribution in [1.29, 1.82) is 0 Å². The molecule has 0 aromatic heterocycles. The normalized spacial score (nSPS) is 13.0. The maximum Gasteiger partial charge on any atom is 0.261 e. The first-order valence-electron chi connectivity index (χ1n) is 6.67. The second kappa shape index (κ2) is 7.14. The van der Waals surface area contributed by atoms with Crippen LogP contribution in [0.1, 0.15) is 45.1 Å². The molecule has 0 fully saturated rings. The van der Waals surface area contributed by atoms with E-state index in [1.807, 2.05) is 20.8 Å². The largest absolute Gasteiger partial charge is 0.489 e. The number of hydrogen-bond acceptors (Lipinski definition) is 3. The van der Waals surface area contributed by atoms with Gasteiger partial charge in [0.2, 0.25) is 0 Å². The van der Waals surface area contributed by atoms with Gasteiger partial charge in [-0.05, 0) is 48.1 Å². The molecule has 1 unspecified atom stereocenters. The molecule has 0 N–H and O–H groups in total. The summed E-state index contributed by atoms with van der Waals surface area (Å²) >= 11 is 0. The number of rotatable bonds is 7. The third-order valence-electron chi connectivity index (χ3n) is 3.34. The number of benzene rings is 1. The molecule has 0 bridgehead atoms. The topological polar surface area (TPSA) is 43.4 Å². The SMILES string of the molecule is C=C(CC)COc1ccc(S(=O)(=O)Cl)cc1C(C)CC. The average molecular weight is 317 g/mol. The lowest BCUT2D eigenvalue weighted by Crippen LogP contribution is -2.05. The third-order valence-corrected chi connectivity index (χ3v) is 4.69. The standard InChI is InChI=1S/C15H21ClO3S/c1-5-11(3)10-19-15-8-7-13(20(16,17)18)9-14(15)12(4)6-2/h7-9,12H,3,5-6,10H2,1-2,4H3. The second-order valence-corrected chi connectivity index (χ2v) is 7.40. The van der Waals surface area contributed by atoms with E-state index >= 15 is 0 Å². The Bertz CT molecular complexity index is 579. The summed E-state index contributed by atoms with van der Waals surface area (Å²) in [5.74, 6) is 0.885. The maximum atomic E-state index is 11.4. The van der Waals surface area contributed by atoms with Gasteiger partial charge >= 0.3 is 0 Å². The van der Waals surface area contributed by atoms with Crippen molar-refractivity contribution in [2.45, 2.75) is 44.4 Å². The minimum Gasteiger partial charge on any atom is -0.489 e. The smallest absolute Gasteiger partial charge is 0.261 e. The first-order valence-corrected chi connectivity index (χ1v) is 8.98. The molecule has 3 nitrogen and oxygen atoms in total. The zero-order chi connectivity index (χ0) is 15.3. The molecule has 0 saturated carbocycles. The van der Waals surface area contributed by atoms with Gasteiger partial charge in [-0.25, -0.2) is 8.42 Å². The molecule has 0 heterocycles. The molecule has 1 atom stereocenters. The maximum absolute atomic E-state index is 11.4. The summed E-state index contributed by atoms with van der Waals surface area (Å²) < 4.78 is 28.6. The van der Waals surface area contributed by atoms with Gasteiger partial charge in [-0.3, -0.25) is 0 Å². The molecule has 0 aliphatic rings. The molecular weight excluding hydrogens is 296 g/mol. The minimum absolute atomic E-state index is 0.108. The Morgan fingerprint density at radius 1 is 1.40 bits per heavy atom. The van der Waals surface area contributed by atoms with Crippen molar-refractivity contribution in [3.8, 4) is 5.75 Å². The van der Waals surface area contributed by atoms with E-state index in [0.29, 0.717) is 12.4 Å². The van der Waals surface area contributed by atoms with Crippen molar-refractivity contribution in [3.63, 3.8) is 0 Å². The minimum atomic E-state index is -3.72. The van der Waals surface area contributed by atoms with Crippen molar-refractivity contribution in [1.82, 2.24) is 0 Å². The van der Waals surface area contributed by atoms with Crippen LogP contribution in [-0.2, 0) is 9.05 Å². The lowest BCUT2D eigenvalue weighted by molar-refractivity contribution is 0.342. The molecule has 0 aliphatic carbocycles. The van der Waals surface area contributed by atoms with Gasteiger partial charge in [0.1, 0.15) is 12.4 Å². The van der Waals surface area contributed by atoms with Crippen LogP contribution >= 0.6 is 10.7 Å². The summed E-state index contributed by atoms with van der Waals surface area (Å²) in [6.07, 6.45) is 1.74. The predicted molar refractivity (Wildman–Crippen MR) is 83.1 cm³/mol. The number of halogens is 1. The van der Waals surface area contributed by atoms with Crippen molar-refractivity contribution < 1.29 is 13.2 Å². The van der Waals surface area contributed by atoms with E-state index in [1.54, 1.807) is 12.1 Å². The molecule has 1 aromatic carbocycles. The summed E-state index contributed by atoms with van der Waals surface area (Å²) in [5.41, 5.74) is 1.85. The Morgan fingerprint density at radius 3 is 2.55 bits per heavy atom. The number of hydrogen-bond donors (Lipinski definition) is 0. The van der Waals surface area contributed by atoms with Crippen molar-refractivity contribution in [3.05, 3.63) is 35.9 Å². The molecule has 0 aliphatic heterocycles. The van der Waals surface area contributed by atoms with Crippen LogP contribution in [0.2, 0.25) is 0 Å². The summed E-state index contributed by atoms with van der Waals surface area (Å²) in [5, 5.41) is 0. The monoisotopic (exact) mass is 316 g/mol.